The Bertz CT molecular complexity index is 535. The van der Waals surface area contributed by atoms with Crippen molar-refractivity contribution in [3.8, 4) is 5.75 Å². The zero-order valence-electron chi connectivity index (χ0n) is 12.1. The van der Waals surface area contributed by atoms with Crippen LogP contribution < -0.4 is 20.7 Å². The van der Waals surface area contributed by atoms with Crippen LogP contribution in [0.1, 0.15) is 13.8 Å². The molecule has 2 amide bonds. The molecule has 3 N–H and O–H groups in total. The minimum Gasteiger partial charge on any atom is -0.495 e. The number of nitrogens with zero attached hydrogens (tertiary/aromatic N) is 1. The zero-order valence-corrected chi connectivity index (χ0v) is 13.6. The van der Waals surface area contributed by atoms with Gasteiger partial charge in [0.05, 0.1) is 17.8 Å². The van der Waals surface area contributed by atoms with Gasteiger partial charge in [-0.25, -0.2) is 4.79 Å². The fourth-order valence-corrected chi connectivity index (χ4v) is 2.07. The number of amides is 2. The molecule has 0 saturated heterocycles. The van der Waals surface area contributed by atoms with Gasteiger partial charge >= 0.3 is 6.03 Å². The van der Waals surface area contributed by atoms with E-state index in [2.05, 4.69) is 20.9 Å². The van der Waals surface area contributed by atoms with Crippen molar-refractivity contribution in [1.82, 2.24) is 10.6 Å². The van der Waals surface area contributed by atoms with Crippen LogP contribution in [0, 0.1) is 0 Å². The largest absolute Gasteiger partial charge is 0.495 e. The molecule has 21 heavy (non-hydrogen) atoms. The summed E-state index contributed by atoms with van der Waals surface area (Å²) in [4.78, 5) is 16.1. The molecule has 0 atom stereocenters. The highest BCUT2D eigenvalue weighted by molar-refractivity contribution is 6.40. The molecule has 0 aliphatic carbocycles. The Morgan fingerprint density at radius 3 is 2.62 bits per heavy atom. The molecule has 0 unspecified atom stereocenters. The van der Waals surface area contributed by atoms with Crippen molar-refractivity contribution in [2.45, 2.75) is 13.8 Å². The fourth-order valence-electron chi connectivity index (χ4n) is 1.52. The molecule has 0 radical (unpaired) electrons. The third-order valence-corrected chi connectivity index (χ3v) is 3.10. The monoisotopic (exact) mass is 332 g/mol. The highest BCUT2D eigenvalue weighted by Crippen LogP contribution is 2.37. The predicted molar refractivity (Wildman–Crippen MR) is 86.8 cm³/mol. The molecule has 1 rings (SSSR count). The molecular weight excluding hydrogens is 315 g/mol. The Hall–Kier alpha value is -1.66. The number of guanidine groups is 1. The first kappa shape index (κ1) is 17.4. The van der Waals surface area contributed by atoms with Gasteiger partial charge in [-0.05, 0) is 26.0 Å². The minimum atomic E-state index is -0.500. The molecule has 1 aromatic carbocycles. The first-order valence-electron chi connectivity index (χ1n) is 6.41. The smallest absolute Gasteiger partial charge is 0.326 e. The number of hydrogen-bond acceptors (Lipinski definition) is 3. The number of urea groups is 1. The van der Waals surface area contributed by atoms with E-state index >= 15 is 0 Å². The second-order valence-electron chi connectivity index (χ2n) is 3.87. The van der Waals surface area contributed by atoms with Crippen LogP contribution in [-0.4, -0.2) is 32.2 Å². The summed E-state index contributed by atoms with van der Waals surface area (Å²) in [7, 11) is 1.48. The predicted octanol–water partition coefficient (Wildman–Crippen LogP) is 3.11. The standard InChI is InChI=1S/C13H18Cl2N4O2/c1-4-16-12(17-5-2)19-13(20)18-11-8(14)6-7-9(21-3)10(11)15/h6-7H,4-5H2,1-3H3,(H3,16,17,18,19,20). The molecule has 0 saturated carbocycles. The van der Waals surface area contributed by atoms with Gasteiger partial charge in [0.15, 0.2) is 5.96 Å². The molecule has 0 aliphatic rings. The molecule has 116 valence electrons. The van der Waals surface area contributed by atoms with Gasteiger partial charge in [-0.3, -0.25) is 10.3 Å². The first-order valence-corrected chi connectivity index (χ1v) is 7.17. The number of rotatable bonds is 4. The third kappa shape index (κ3) is 4.99. The van der Waals surface area contributed by atoms with Crippen LogP contribution in [0.25, 0.3) is 0 Å². The number of aliphatic imine (C=N–C) groups is 1. The lowest BCUT2D eigenvalue weighted by Gasteiger charge is -2.14. The molecular formula is C13H18Cl2N4O2. The van der Waals surface area contributed by atoms with Gasteiger partial charge in [0.1, 0.15) is 10.8 Å². The van der Waals surface area contributed by atoms with E-state index in [0.29, 0.717) is 29.8 Å². The van der Waals surface area contributed by atoms with Crippen LogP contribution in [0.15, 0.2) is 17.1 Å². The number of carbonyl (C=O) groups is 1. The Morgan fingerprint density at radius 2 is 2.05 bits per heavy atom. The van der Waals surface area contributed by atoms with Crippen molar-refractivity contribution >= 4 is 40.9 Å². The number of anilines is 1. The molecule has 8 heteroatoms. The summed E-state index contributed by atoms with van der Waals surface area (Å²) in [5.41, 5.74) is 0.280. The van der Waals surface area contributed by atoms with Crippen molar-refractivity contribution in [2.75, 3.05) is 25.5 Å². The van der Waals surface area contributed by atoms with Crippen LogP contribution in [-0.2, 0) is 0 Å². The highest BCUT2D eigenvalue weighted by Gasteiger charge is 2.14. The number of nitrogens with one attached hydrogen (secondary N) is 3. The summed E-state index contributed by atoms with van der Waals surface area (Å²) < 4.78 is 5.08. The van der Waals surface area contributed by atoms with Crippen molar-refractivity contribution in [3.05, 3.63) is 22.2 Å². The van der Waals surface area contributed by atoms with Gasteiger partial charge in [-0.2, -0.15) is 0 Å². The molecule has 0 aromatic heterocycles. The Labute approximate surface area is 133 Å². The summed E-state index contributed by atoms with van der Waals surface area (Å²) >= 11 is 12.2. The lowest BCUT2D eigenvalue weighted by atomic mass is 10.3. The van der Waals surface area contributed by atoms with Crippen molar-refractivity contribution in [2.24, 2.45) is 4.99 Å². The third-order valence-electron chi connectivity index (χ3n) is 2.41. The van der Waals surface area contributed by atoms with Crippen LogP contribution >= 0.6 is 23.2 Å². The van der Waals surface area contributed by atoms with Crippen LogP contribution in [0.2, 0.25) is 10.0 Å². The van der Waals surface area contributed by atoms with Gasteiger partial charge in [0.25, 0.3) is 0 Å². The number of hydrogen-bond donors (Lipinski definition) is 3. The summed E-state index contributed by atoms with van der Waals surface area (Å²) in [5.74, 6) is 0.804. The number of carbonyl (C=O) groups excluding carboxylic acids is 1. The first-order chi connectivity index (χ1) is 10.0. The van der Waals surface area contributed by atoms with E-state index in [9.17, 15) is 4.79 Å². The topological polar surface area (TPSA) is 74.8 Å². The van der Waals surface area contributed by atoms with Gasteiger partial charge < -0.3 is 15.4 Å². The molecule has 0 fully saturated rings. The van der Waals surface area contributed by atoms with E-state index in [4.69, 9.17) is 27.9 Å². The summed E-state index contributed by atoms with van der Waals surface area (Å²) in [6.45, 7) is 4.95. The van der Waals surface area contributed by atoms with E-state index in [1.54, 1.807) is 12.1 Å². The van der Waals surface area contributed by atoms with Crippen LogP contribution in [0.3, 0.4) is 0 Å². The SMILES string of the molecule is CCN=C(NCC)NC(=O)Nc1c(Cl)ccc(OC)c1Cl. The van der Waals surface area contributed by atoms with Crippen molar-refractivity contribution < 1.29 is 9.53 Å². The molecule has 0 aliphatic heterocycles. The minimum absolute atomic E-state index is 0.234. The Balaban J connectivity index is 2.86. The Morgan fingerprint density at radius 1 is 1.33 bits per heavy atom. The van der Waals surface area contributed by atoms with E-state index in [0.717, 1.165) is 0 Å². The number of benzene rings is 1. The quantitative estimate of drug-likeness (QED) is 0.585. The Kier molecular flexibility index (Phi) is 7.11. The second-order valence-corrected chi connectivity index (χ2v) is 4.66. The molecule has 0 heterocycles. The van der Waals surface area contributed by atoms with Crippen LogP contribution in [0.5, 0.6) is 5.75 Å². The van der Waals surface area contributed by atoms with Gasteiger partial charge in [0, 0.05) is 13.1 Å². The molecule has 1 aromatic rings. The number of ether oxygens (including phenoxy) is 1. The van der Waals surface area contributed by atoms with Gasteiger partial charge in [-0.1, -0.05) is 23.2 Å². The zero-order chi connectivity index (χ0) is 15.8. The highest BCUT2D eigenvalue weighted by atomic mass is 35.5. The second kappa shape index (κ2) is 8.59. The van der Waals surface area contributed by atoms with Gasteiger partial charge in [-0.15, -0.1) is 0 Å². The lowest BCUT2D eigenvalue weighted by Crippen LogP contribution is -2.43. The van der Waals surface area contributed by atoms with Crippen molar-refractivity contribution in [3.63, 3.8) is 0 Å². The molecule has 6 nitrogen and oxygen atoms in total. The average molecular weight is 333 g/mol. The maximum absolute atomic E-state index is 12.0. The normalized spacial score (nSPS) is 11.0. The van der Waals surface area contributed by atoms with E-state index in [1.807, 2.05) is 13.8 Å². The average Bonchev–Trinajstić information content (AvgIpc) is 2.44. The number of halogens is 2. The summed E-state index contributed by atoms with van der Waals surface area (Å²) in [6.07, 6.45) is 0. The van der Waals surface area contributed by atoms with Crippen molar-refractivity contribution in [1.29, 1.82) is 0 Å². The lowest BCUT2D eigenvalue weighted by molar-refractivity contribution is 0.256. The summed E-state index contributed by atoms with van der Waals surface area (Å²) in [5, 5.41) is 8.66. The fraction of sp³-hybridized carbons (Fsp3) is 0.385. The number of methoxy groups -OCH3 is 1. The maximum atomic E-state index is 12.0. The van der Waals surface area contributed by atoms with Crippen LogP contribution in [0.4, 0.5) is 10.5 Å². The molecule has 0 spiro atoms. The summed E-state index contributed by atoms with van der Waals surface area (Å²) in [6, 6.07) is 2.71. The van der Waals surface area contributed by atoms with E-state index in [-0.39, 0.29) is 10.7 Å². The maximum Gasteiger partial charge on any atom is 0.326 e. The van der Waals surface area contributed by atoms with E-state index < -0.39 is 6.03 Å². The molecule has 0 bridgehead atoms. The van der Waals surface area contributed by atoms with E-state index in [1.165, 1.54) is 7.11 Å². The van der Waals surface area contributed by atoms with Gasteiger partial charge in [0.2, 0.25) is 0 Å².